The Balaban J connectivity index is 4.21. The van der Waals surface area contributed by atoms with Crippen molar-refractivity contribution >= 4 is 18.0 Å². The molecule has 0 rings (SSSR count). The molecule has 0 aromatic carbocycles. The van der Waals surface area contributed by atoms with Crippen molar-refractivity contribution in [1.82, 2.24) is 10.2 Å². The Morgan fingerprint density at radius 2 is 1.94 bits per heavy atom. The Morgan fingerprint density at radius 3 is 2.35 bits per heavy atom. The molecule has 1 atom stereocenters. The molecule has 2 amide bonds. The average molecular weight is 246 g/mol. The highest BCUT2D eigenvalue weighted by Gasteiger charge is 2.20. The lowest BCUT2D eigenvalue weighted by molar-refractivity contribution is -0.143. The Kier molecular flexibility index (Phi) is 6.69. The molecule has 0 aliphatic heterocycles. The second kappa shape index (κ2) is 7.48. The molecule has 7 nitrogen and oxygen atoms in total. The SMILES string of the molecule is CCOC(=O)CN(C)C(=O)N[C@@H](CC)C(=O)O. The lowest BCUT2D eigenvalue weighted by atomic mass is 10.2. The number of amides is 2. The molecule has 0 radical (unpaired) electrons. The van der Waals surface area contributed by atoms with Gasteiger partial charge in [0.05, 0.1) is 6.61 Å². The Hall–Kier alpha value is -1.79. The van der Waals surface area contributed by atoms with Crippen LogP contribution in [0.2, 0.25) is 0 Å². The minimum Gasteiger partial charge on any atom is -0.480 e. The van der Waals surface area contributed by atoms with Crippen LogP contribution < -0.4 is 5.32 Å². The third-order valence-electron chi connectivity index (χ3n) is 2.02. The first-order valence-electron chi connectivity index (χ1n) is 5.32. The van der Waals surface area contributed by atoms with E-state index in [2.05, 4.69) is 10.1 Å². The van der Waals surface area contributed by atoms with Crippen LogP contribution in [-0.4, -0.2) is 54.2 Å². The number of esters is 1. The molecule has 0 saturated heterocycles. The highest BCUT2D eigenvalue weighted by atomic mass is 16.5. The summed E-state index contributed by atoms with van der Waals surface area (Å²) < 4.78 is 4.66. The van der Waals surface area contributed by atoms with E-state index in [-0.39, 0.29) is 19.6 Å². The van der Waals surface area contributed by atoms with Crippen LogP contribution in [0.4, 0.5) is 4.79 Å². The molecule has 0 unspecified atom stereocenters. The third-order valence-corrected chi connectivity index (χ3v) is 2.02. The number of nitrogens with one attached hydrogen (secondary N) is 1. The van der Waals surface area contributed by atoms with E-state index in [4.69, 9.17) is 5.11 Å². The lowest BCUT2D eigenvalue weighted by Gasteiger charge is -2.19. The van der Waals surface area contributed by atoms with Crippen LogP contribution in [0, 0.1) is 0 Å². The molecule has 0 bridgehead atoms. The van der Waals surface area contributed by atoms with E-state index in [0.717, 1.165) is 4.90 Å². The fraction of sp³-hybridized carbons (Fsp3) is 0.700. The van der Waals surface area contributed by atoms with E-state index >= 15 is 0 Å². The predicted octanol–water partition coefficient (Wildman–Crippen LogP) is 0.0541. The summed E-state index contributed by atoms with van der Waals surface area (Å²) in [5, 5.41) is 11.0. The van der Waals surface area contributed by atoms with Crippen LogP contribution in [0.5, 0.6) is 0 Å². The van der Waals surface area contributed by atoms with Gasteiger partial charge in [-0.3, -0.25) is 4.79 Å². The number of nitrogens with zero attached hydrogens (tertiary/aromatic N) is 1. The average Bonchev–Trinajstić information content (AvgIpc) is 2.25. The maximum Gasteiger partial charge on any atom is 0.326 e. The number of carbonyl (C=O) groups is 3. The number of carbonyl (C=O) groups excluding carboxylic acids is 2. The molecule has 0 spiro atoms. The monoisotopic (exact) mass is 246 g/mol. The minimum atomic E-state index is -1.11. The Labute approximate surface area is 99.7 Å². The summed E-state index contributed by atoms with van der Waals surface area (Å²) in [6.45, 7) is 3.33. The number of likely N-dealkylation sites (N-methyl/N-ethyl adjacent to an activating group) is 1. The Bertz CT molecular complexity index is 292. The van der Waals surface area contributed by atoms with Gasteiger partial charge in [-0.05, 0) is 13.3 Å². The number of urea groups is 1. The van der Waals surface area contributed by atoms with Gasteiger partial charge in [-0.1, -0.05) is 6.92 Å². The van der Waals surface area contributed by atoms with E-state index < -0.39 is 24.0 Å². The topological polar surface area (TPSA) is 95.9 Å². The summed E-state index contributed by atoms with van der Waals surface area (Å²) in [5.41, 5.74) is 0. The van der Waals surface area contributed by atoms with Crippen molar-refractivity contribution in [1.29, 1.82) is 0 Å². The molecule has 0 heterocycles. The summed E-state index contributed by atoms with van der Waals surface area (Å²) in [6, 6.07) is -1.57. The smallest absolute Gasteiger partial charge is 0.326 e. The van der Waals surface area contributed by atoms with Crippen molar-refractivity contribution in [3.63, 3.8) is 0 Å². The van der Waals surface area contributed by atoms with Crippen LogP contribution in [0.25, 0.3) is 0 Å². The van der Waals surface area contributed by atoms with E-state index in [1.165, 1.54) is 7.05 Å². The molecule has 0 fully saturated rings. The second-order valence-electron chi connectivity index (χ2n) is 3.41. The first kappa shape index (κ1) is 15.2. The molecule has 0 aliphatic rings. The van der Waals surface area contributed by atoms with Gasteiger partial charge in [0.25, 0.3) is 0 Å². The molecule has 2 N–H and O–H groups in total. The second-order valence-corrected chi connectivity index (χ2v) is 3.41. The zero-order valence-corrected chi connectivity index (χ0v) is 10.2. The van der Waals surface area contributed by atoms with Gasteiger partial charge >= 0.3 is 18.0 Å². The van der Waals surface area contributed by atoms with Gasteiger partial charge in [-0.2, -0.15) is 0 Å². The number of aliphatic carboxylic acids is 1. The van der Waals surface area contributed by atoms with Crippen LogP contribution >= 0.6 is 0 Å². The number of hydrogen-bond donors (Lipinski definition) is 2. The highest BCUT2D eigenvalue weighted by molar-refractivity contribution is 5.84. The van der Waals surface area contributed by atoms with Gasteiger partial charge in [0.15, 0.2) is 0 Å². The maximum absolute atomic E-state index is 11.5. The maximum atomic E-state index is 11.5. The van der Waals surface area contributed by atoms with Gasteiger partial charge < -0.3 is 20.1 Å². The molecule has 0 saturated carbocycles. The molecule has 7 heteroatoms. The van der Waals surface area contributed by atoms with Gasteiger partial charge in [0, 0.05) is 7.05 Å². The first-order valence-corrected chi connectivity index (χ1v) is 5.32. The molecular weight excluding hydrogens is 228 g/mol. The van der Waals surface area contributed by atoms with E-state index in [1.54, 1.807) is 13.8 Å². The fourth-order valence-electron chi connectivity index (χ4n) is 1.07. The van der Waals surface area contributed by atoms with E-state index in [1.807, 2.05) is 0 Å². The number of hydrogen-bond acceptors (Lipinski definition) is 4. The van der Waals surface area contributed by atoms with Crippen molar-refractivity contribution in [2.24, 2.45) is 0 Å². The Morgan fingerprint density at radius 1 is 1.35 bits per heavy atom. The van der Waals surface area contributed by atoms with Crippen molar-refractivity contribution in [3.8, 4) is 0 Å². The summed E-state index contributed by atoms with van der Waals surface area (Å²) in [4.78, 5) is 34.3. The third kappa shape index (κ3) is 5.74. The van der Waals surface area contributed by atoms with Gasteiger partial charge in [-0.25, -0.2) is 9.59 Å². The fourth-order valence-corrected chi connectivity index (χ4v) is 1.07. The number of rotatable bonds is 6. The van der Waals surface area contributed by atoms with Crippen LogP contribution in [-0.2, 0) is 14.3 Å². The summed E-state index contributed by atoms with van der Waals surface area (Å²) >= 11 is 0. The van der Waals surface area contributed by atoms with Crippen LogP contribution in [0.3, 0.4) is 0 Å². The van der Waals surface area contributed by atoms with Crippen molar-refractivity contribution in [2.45, 2.75) is 26.3 Å². The minimum absolute atomic E-state index is 0.213. The van der Waals surface area contributed by atoms with Crippen LogP contribution in [0.15, 0.2) is 0 Å². The molecule has 0 aromatic heterocycles. The van der Waals surface area contributed by atoms with Crippen LogP contribution in [0.1, 0.15) is 20.3 Å². The van der Waals surface area contributed by atoms with Crippen molar-refractivity contribution in [3.05, 3.63) is 0 Å². The van der Waals surface area contributed by atoms with Crippen molar-refractivity contribution in [2.75, 3.05) is 20.2 Å². The van der Waals surface area contributed by atoms with Gasteiger partial charge in [0.1, 0.15) is 12.6 Å². The molecule has 0 aliphatic carbocycles. The van der Waals surface area contributed by atoms with Gasteiger partial charge in [0.2, 0.25) is 0 Å². The molecule has 17 heavy (non-hydrogen) atoms. The summed E-state index contributed by atoms with van der Waals surface area (Å²) in [5.74, 6) is -1.64. The summed E-state index contributed by atoms with van der Waals surface area (Å²) in [6.07, 6.45) is 0.272. The molecule has 98 valence electrons. The predicted molar refractivity (Wildman–Crippen MR) is 59.5 cm³/mol. The number of carboxylic acids is 1. The van der Waals surface area contributed by atoms with E-state index in [0.29, 0.717) is 0 Å². The first-order chi connectivity index (χ1) is 7.92. The zero-order valence-electron chi connectivity index (χ0n) is 10.2. The normalized spacial score (nSPS) is 11.5. The van der Waals surface area contributed by atoms with E-state index in [9.17, 15) is 14.4 Å². The summed E-state index contributed by atoms with van der Waals surface area (Å²) in [7, 11) is 1.39. The van der Waals surface area contributed by atoms with Gasteiger partial charge in [-0.15, -0.1) is 0 Å². The molecular formula is C10H18N2O5. The quantitative estimate of drug-likeness (QED) is 0.646. The zero-order chi connectivity index (χ0) is 13.4. The number of carboxylic acid groups (broad SMARTS) is 1. The highest BCUT2D eigenvalue weighted by Crippen LogP contribution is 1.94. The van der Waals surface area contributed by atoms with Crippen molar-refractivity contribution < 1.29 is 24.2 Å². The number of ether oxygens (including phenoxy) is 1. The largest absolute Gasteiger partial charge is 0.480 e. The standard InChI is InChI=1S/C10H18N2O5/c1-4-7(9(14)15)11-10(16)12(3)6-8(13)17-5-2/h7H,4-6H2,1-3H3,(H,11,16)(H,14,15)/t7-/m0/s1. The molecule has 0 aromatic rings. The lowest BCUT2D eigenvalue weighted by Crippen LogP contribution is -2.47.